The van der Waals surface area contributed by atoms with Gasteiger partial charge in [0.25, 0.3) is 0 Å². The Balaban J connectivity index is 2.03. The van der Waals surface area contributed by atoms with E-state index in [0.717, 1.165) is 25.9 Å². The Morgan fingerprint density at radius 3 is 2.57 bits per heavy atom. The van der Waals surface area contributed by atoms with Gasteiger partial charge in [0.1, 0.15) is 17.1 Å². The Morgan fingerprint density at radius 2 is 1.91 bits per heavy atom. The van der Waals surface area contributed by atoms with Crippen molar-refractivity contribution in [2.75, 3.05) is 19.7 Å². The van der Waals surface area contributed by atoms with Crippen molar-refractivity contribution < 1.29 is 23.9 Å². The molecule has 1 spiro atoms. The van der Waals surface area contributed by atoms with E-state index in [-0.39, 0.29) is 24.3 Å². The van der Waals surface area contributed by atoms with Crippen LogP contribution in [0, 0.1) is 5.41 Å². The molecule has 0 aromatic heterocycles. The lowest BCUT2D eigenvalue weighted by molar-refractivity contribution is -0.178. The lowest BCUT2D eigenvalue weighted by Gasteiger charge is -2.48. The first-order chi connectivity index (χ1) is 11.0. The minimum atomic E-state index is -1.05. The maximum absolute atomic E-state index is 13.5. The summed E-state index contributed by atoms with van der Waals surface area (Å²) in [6.45, 7) is 5.01. The Labute approximate surface area is 136 Å². The van der Waals surface area contributed by atoms with E-state index in [2.05, 4.69) is 4.90 Å². The molecule has 3 atom stereocenters. The van der Waals surface area contributed by atoms with E-state index in [4.69, 9.17) is 9.47 Å². The number of carbonyl (C=O) groups is 3. The molecule has 2 saturated heterocycles. The Bertz CT molecular complexity index is 533. The molecule has 6 nitrogen and oxygen atoms in total. The van der Waals surface area contributed by atoms with Crippen molar-refractivity contribution in [1.29, 1.82) is 0 Å². The zero-order chi connectivity index (χ0) is 16.7. The van der Waals surface area contributed by atoms with Crippen LogP contribution >= 0.6 is 0 Å². The van der Waals surface area contributed by atoms with Gasteiger partial charge >= 0.3 is 11.9 Å². The molecule has 0 aromatic carbocycles. The summed E-state index contributed by atoms with van der Waals surface area (Å²) in [5, 5.41) is 0. The summed E-state index contributed by atoms with van der Waals surface area (Å²) in [7, 11) is 0. The van der Waals surface area contributed by atoms with Gasteiger partial charge in [0.05, 0.1) is 6.61 Å². The van der Waals surface area contributed by atoms with Gasteiger partial charge in [-0.2, -0.15) is 0 Å². The first-order valence-corrected chi connectivity index (χ1v) is 8.62. The largest absolute Gasteiger partial charge is 0.465 e. The second-order valence-corrected chi connectivity index (χ2v) is 6.89. The van der Waals surface area contributed by atoms with E-state index in [0.29, 0.717) is 25.7 Å². The molecule has 3 rings (SSSR count). The maximum atomic E-state index is 13.5. The molecule has 1 aliphatic carbocycles. The molecular weight excluding hydrogens is 298 g/mol. The summed E-state index contributed by atoms with van der Waals surface area (Å²) < 4.78 is 10.8. The van der Waals surface area contributed by atoms with Crippen LogP contribution < -0.4 is 0 Å². The number of nitrogens with zero attached hydrogens (tertiary/aromatic N) is 1. The number of hydrogen-bond donors (Lipinski definition) is 0. The summed E-state index contributed by atoms with van der Waals surface area (Å²) in [6, 6.07) is 0. The standard InChI is InChI=1S/C17H25NO5/c1-3-22-15(21)16-7-4-10-18-11-5-8-17(18,14(16)20)13(6-9-16)23-12(2)19/h13H,3-11H2,1-2H3/t13-,16-,17-/m1/s1. The highest BCUT2D eigenvalue weighted by molar-refractivity contribution is 6.09. The molecule has 2 bridgehead atoms. The van der Waals surface area contributed by atoms with E-state index in [1.54, 1.807) is 6.92 Å². The monoisotopic (exact) mass is 323 g/mol. The third-order valence-electron chi connectivity index (χ3n) is 5.75. The molecule has 0 aromatic rings. The highest BCUT2D eigenvalue weighted by atomic mass is 16.5. The fourth-order valence-corrected chi connectivity index (χ4v) is 4.85. The van der Waals surface area contributed by atoms with Gasteiger partial charge in [-0.25, -0.2) is 0 Å². The van der Waals surface area contributed by atoms with Crippen LogP contribution in [0.25, 0.3) is 0 Å². The lowest BCUT2D eigenvalue weighted by atomic mass is 9.61. The average molecular weight is 323 g/mol. The molecule has 1 saturated carbocycles. The zero-order valence-electron chi connectivity index (χ0n) is 13.9. The molecule has 0 N–H and O–H groups in total. The average Bonchev–Trinajstić information content (AvgIpc) is 2.88. The normalized spacial score (nSPS) is 37.0. The number of ether oxygens (including phenoxy) is 2. The molecular formula is C17H25NO5. The number of rotatable bonds is 3. The minimum Gasteiger partial charge on any atom is -0.465 e. The van der Waals surface area contributed by atoms with Crippen molar-refractivity contribution in [3.63, 3.8) is 0 Å². The highest BCUT2D eigenvalue weighted by Gasteiger charge is 2.67. The minimum absolute atomic E-state index is 0.0732. The van der Waals surface area contributed by atoms with Crippen LogP contribution in [0.4, 0.5) is 0 Å². The number of Topliss-reactive ketones (excluding diaryl/α,β-unsaturated/α-hetero) is 1. The molecule has 6 heteroatoms. The molecule has 3 fully saturated rings. The third kappa shape index (κ3) is 2.30. The van der Waals surface area contributed by atoms with E-state index in [1.165, 1.54) is 6.92 Å². The summed E-state index contributed by atoms with van der Waals surface area (Å²) >= 11 is 0. The highest BCUT2D eigenvalue weighted by Crippen LogP contribution is 2.52. The molecule has 0 unspecified atom stereocenters. The van der Waals surface area contributed by atoms with E-state index >= 15 is 0 Å². The van der Waals surface area contributed by atoms with Crippen molar-refractivity contribution in [2.24, 2.45) is 5.41 Å². The predicted octanol–water partition coefficient (Wildman–Crippen LogP) is 1.46. The molecule has 3 aliphatic rings. The SMILES string of the molecule is CCOC(=O)[C@@]12CCCN3CCC[C@]3(C1=O)[C@H](OC(C)=O)CC2. The van der Waals surface area contributed by atoms with Crippen LogP contribution in [0.2, 0.25) is 0 Å². The van der Waals surface area contributed by atoms with Crippen LogP contribution in [0.15, 0.2) is 0 Å². The summed E-state index contributed by atoms with van der Waals surface area (Å²) in [4.78, 5) is 39.8. The van der Waals surface area contributed by atoms with Gasteiger partial charge in [-0.1, -0.05) is 0 Å². The topological polar surface area (TPSA) is 72.9 Å². The van der Waals surface area contributed by atoms with Crippen molar-refractivity contribution >= 4 is 17.7 Å². The van der Waals surface area contributed by atoms with Gasteiger partial charge in [-0.15, -0.1) is 0 Å². The number of esters is 2. The van der Waals surface area contributed by atoms with Crippen LogP contribution in [0.1, 0.15) is 52.4 Å². The van der Waals surface area contributed by atoms with E-state index in [9.17, 15) is 14.4 Å². The van der Waals surface area contributed by atoms with Gasteiger partial charge in [0.2, 0.25) is 0 Å². The van der Waals surface area contributed by atoms with Crippen molar-refractivity contribution in [3.05, 3.63) is 0 Å². The smallest absolute Gasteiger partial charge is 0.319 e. The van der Waals surface area contributed by atoms with Crippen molar-refractivity contribution in [1.82, 2.24) is 4.90 Å². The number of fused-ring (bicyclic) bond motifs is 1. The molecule has 0 radical (unpaired) electrons. The van der Waals surface area contributed by atoms with Crippen LogP contribution in [-0.4, -0.2) is 54.0 Å². The first kappa shape index (κ1) is 16.4. The number of hydrogen-bond acceptors (Lipinski definition) is 6. The van der Waals surface area contributed by atoms with E-state index < -0.39 is 17.1 Å². The van der Waals surface area contributed by atoms with Gasteiger partial charge in [0, 0.05) is 6.92 Å². The van der Waals surface area contributed by atoms with Crippen molar-refractivity contribution in [2.45, 2.75) is 64.0 Å². The van der Waals surface area contributed by atoms with Gasteiger partial charge < -0.3 is 9.47 Å². The second-order valence-electron chi connectivity index (χ2n) is 6.89. The van der Waals surface area contributed by atoms with Gasteiger partial charge in [-0.3, -0.25) is 19.3 Å². The summed E-state index contributed by atoms with van der Waals surface area (Å²) in [5.74, 6) is -0.827. The second kappa shape index (κ2) is 5.89. The first-order valence-electron chi connectivity index (χ1n) is 8.62. The van der Waals surface area contributed by atoms with Gasteiger partial charge in [-0.05, 0) is 58.5 Å². The lowest BCUT2D eigenvalue weighted by Crippen LogP contribution is -2.66. The Hall–Kier alpha value is -1.43. The molecule has 128 valence electrons. The van der Waals surface area contributed by atoms with E-state index in [1.807, 2.05) is 0 Å². The maximum Gasteiger partial charge on any atom is 0.319 e. The molecule has 0 amide bonds. The molecule has 2 aliphatic heterocycles. The van der Waals surface area contributed by atoms with Crippen LogP contribution in [0.5, 0.6) is 0 Å². The Kier molecular flexibility index (Phi) is 4.21. The molecule has 2 heterocycles. The number of carbonyl (C=O) groups excluding carboxylic acids is 3. The van der Waals surface area contributed by atoms with Crippen molar-refractivity contribution in [3.8, 4) is 0 Å². The predicted molar refractivity (Wildman–Crippen MR) is 81.6 cm³/mol. The third-order valence-corrected chi connectivity index (χ3v) is 5.75. The summed E-state index contributed by atoms with van der Waals surface area (Å²) in [5.41, 5.74) is -1.88. The van der Waals surface area contributed by atoms with Crippen LogP contribution in [0.3, 0.4) is 0 Å². The fourth-order valence-electron chi connectivity index (χ4n) is 4.85. The summed E-state index contributed by atoms with van der Waals surface area (Å²) in [6.07, 6.45) is 3.39. The zero-order valence-corrected chi connectivity index (χ0v) is 13.9. The quantitative estimate of drug-likeness (QED) is 0.578. The Morgan fingerprint density at radius 1 is 1.22 bits per heavy atom. The van der Waals surface area contributed by atoms with Crippen LogP contribution in [-0.2, 0) is 23.9 Å². The fraction of sp³-hybridized carbons (Fsp3) is 0.824. The van der Waals surface area contributed by atoms with Gasteiger partial charge in [0.15, 0.2) is 5.78 Å². The molecule has 23 heavy (non-hydrogen) atoms. The number of ketones is 1.